The molecule has 2 amide bonds. The maximum Gasteiger partial charge on any atom is 0.312 e. The van der Waals surface area contributed by atoms with E-state index in [1.54, 1.807) is 22.0 Å². The SMILES string of the molecule is C=CCCOC(=O)[C@H]1[C@H]2C(=O)N([C@@H](CO)[C@@H](C)CC)C(C(=O)N(CC=C)c3cc(C)ccc3C)C23CC(C)[C@]1(C)O3. The lowest BCUT2D eigenvalue weighted by Gasteiger charge is -2.41. The first-order valence-corrected chi connectivity index (χ1v) is 14.8. The van der Waals surface area contributed by atoms with Crippen LogP contribution in [0.15, 0.2) is 43.5 Å². The summed E-state index contributed by atoms with van der Waals surface area (Å²) < 4.78 is 12.5. The molecule has 8 heteroatoms. The number of ether oxygens (including phenoxy) is 2. The van der Waals surface area contributed by atoms with E-state index in [0.717, 1.165) is 16.8 Å². The molecule has 1 N–H and O–H groups in total. The molecule has 3 fully saturated rings. The highest BCUT2D eigenvalue weighted by Gasteiger charge is 2.81. The topological polar surface area (TPSA) is 96.4 Å². The summed E-state index contributed by atoms with van der Waals surface area (Å²) in [6.07, 6.45) is 4.98. The van der Waals surface area contributed by atoms with Gasteiger partial charge in [-0.25, -0.2) is 0 Å². The second-order valence-corrected chi connectivity index (χ2v) is 12.4. The molecule has 3 aliphatic heterocycles. The summed E-state index contributed by atoms with van der Waals surface area (Å²) in [4.78, 5) is 46.3. The number of aliphatic hydroxyl groups is 1. The molecular formula is C33H46N2O6. The summed E-state index contributed by atoms with van der Waals surface area (Å²) >= 11 is 0. The van der Waals surface area contributed by atoms with Gasteiger partial charge in [0.15, 0.2) is 0 Å². The van der Waals surface area contributed by atoms with Gasteiger partial charge in [-0.2, -0.15) is 0 Å². The summed E-state index contributed by atoms with van der Waals surface area (Å²) in [5, 5.41) is 10.6. The van der Waals surface area contributed by atoms with Crippen LogP contribution in [0.1, 0.15) is 58.1 Å². The van der Waals surface area contributed by atoms with Gasteiger partial charge in [-0.1, -0.05) is 51.5 Å². The first kappa shape index (κ1) is 31.0. The van der Waals surface area contributed by atoms with Crippen molar-refractivity contribution in [2.75, 3.05) is 24.7 Å². The fourth-order valence-electron chi connectivity index (χ4n) is 7.41. The van der Waals surface area contributed by atoms with Gasteiger partial charge in [0, 0.05) is 12.2 Å². The van der Waals surface area contributed by atoms with Crippen LogP contribution in [0.4, 0.5) is 5.69 Å². The number of amides is 2. The highest BCUT2D eigenvalue weighted by atomic mass is 16.6. The van der Waals surface area contributed by atoms with Gasteiger partial charge < -0.3 is 24.4 Å². The Balaban J connectivity index is 1.89. The number of likely N-dealkylation sites (tertiary alicyclic amines) is 1. The number of aryl methyl sites for hydroxylation is 2. The molecule has 8 atom stereocenters. The van der Waals surface area contributed by atoms with E-state index in [9.17, 15) is 19.5 Å². The molecule has 1 aromatic rings. The minimum absolute atomic E-state index is 0.0914. The third kappa shape index (κ3) is 4.83. The number of benzene rings is 1. The quantitative estimate of drug-likeness (QED) is 0.230. The lowest BCUT2D eigenvalue weighted by Crippen LogP contribution is -2.60. The Kier molecular flexibility index (Phi) is 8.86. The van der Waals surface area contributed by atoms with Gasteiger partial charge in [0.2, 0.25) is 5.91 Å². The average molecular weight is 567 g/mol. The van der Waals surface area contributed by atoms with Crippen molar-refractivity contribution in [2.24, 2.45) is 23.7 Å². The molecule has 41 heavy (non-hydrogen) atoms. The third-order valence-corrected chi connectivity index (χ3v) is 9.88. The minimum Gasteiger partial charge on any atom is -0.465 e. The van der Waals surface area contributed by atoms with E-state index in [1.807, 2.05) is 59.7 Å². The Labute approximate surface area is 244 Å². The normalized spacial score (nSPS) is 31.5. The first-order valence-electron chi connectivity index (χ1n) is 14.8. The summed E-state index contributed by atoms with van der Waals surface area (Å²) in [6.45, 7) is 19.4. The molecule has 1 aromatic carbocycles. The zero-order valence-corrected chi connectivity index (χ0v) is 25.4. The van der Waals surface area contributed by atoms with Gasteiger partial charge >= 0.3 is 5.97 Å². The standard InChI is InChI=1S/C33H46N2O6/c1-9-12-16-40-31(39)27-26-29(37)35(25(19-36)21(5)11-3)28(33(26)18-23(7)32(27,8)41-33)30(38)34(15-10-2)24-17-20(4)13-14-22(24)6/h9-10,13-14,17,21,23,25-28,36H,1-2,11-12,15-16,18-19H2,3-8H3/t21-,23?,25-,26-,27+,28?,32-,33?/m0/s1. The van der Waals surface area contributed by atoms with Gasteiger partial charge in [-0.15, -0.1) is 13.2 Å². The van der Waals surface area contributed by atoms with Crippen LogP contribution < -0.4 is 4.90 Å². The molecule has 1 spiro atoms. The Morgan fingerprint density at radius 3 is 2.61 bits per heavy atom. The summed E-state index contributed by atoms with van der Waals surface area (Å²) in [7, 11) is 0. The Bertz CT molecular complexity index is 1210. The number of hydrogen-bond acceptors (Lipinski definition) is 6. The van der Waals surface area contributed by atoms with E-state index in [1.165, 1.54) is 0 Å². The number of nitrogens with zero attached hydrogens (tertiary/aromatic N) is 2. The predicted octanol–water partition coefficient (Wildman–Crippen LogP) is 4.36. The fourth-order valence-corrected chi connectivity index (χ4v) is 7.41. The Morgan fingerprint density at radius 2 is 2.00 bits per heavy atom. The Morgan fingerprint density at radius 1 is 1.29 bits per heavy atom. The van der Waals surface area contributed by atoms with Gasteiger partial charge in [0.05, 0.1) is 30.8 Å². The highest BCUT2D eigenvalue weighted by molar-refractivity contribution is 6.05. The maximum absolute atomic E-state index is 14.9. The van der Waals surface area contributed by atoms with Crippen LogP contribution >= 0.6 is 0 Å². The van der Waals surface area contributed by atoms with Gasteiger partial charge in [0.25, 0.3) is 5.91 Å². The van der Waals surface area contributed by atoms with Gasteiger partial charge in [0.1, 0.15) is 17.6 Å². The van der Waals surface area contributed by atoms with Crippen molar-refractivity contribution in [2.45, 2.75) is 84.1 Å². The maximum atomic E-state index is 14.9. The molecule has 224 valence electrons. The Hall–Kier alpha value is -2.97. The van der Waals surface area contributed by atoms with Crippen molar-refractivity contribution in [3.05, 3.63) is 54.6 Å². The molecule has 0 aliphatic carbocycles. The third-order valence-electron chi connectivity index (χ3n) is 9.88. The van der Waals surface area contributed by atoms with Crippen molar-refractivity contribution in [3.8, 4) is 0 Å². The van der Waals surface area contributed by atoms with Crippen molar-refractivity contribution in [3.63, 3.8) is 0 Å². The number of anilines is 1. The second-order valence-electron chi connectivity index (χ2n) is 12.4. The molecule has 3 aliphatic rings. The number of aliphatic hydroxyl groups excluding tert-OH is 1. The molecular weight excluding hydrogens is 520 g/mol. The zero-order chi connectivity index (χ0) is 30.3. The molecule has 2 bridgehead atoms. The van der Waals surface area contributed by atoms with Gasteiger partial charge in [-0.3, -0.25) is 14.4 Å². The van der Waals surface area contributed by atoms with Crippen molar-refractivity contribution in [1.82, 2.24) is 4.90 Å². The number of esters is 1. The van der Waals surface area contributed by atoms with Crippen molar-refractivity contribution in [1.29, 1.82) is 0 Å². The monoisotopic (exact) mass is 566 g/mol. The van der Waals surface area contributed by atoms with Crippen LogP contribution in [-0.2, 0) is 23.9 Å². The van der Waals surface area contributed by atoms with Crippen molar-refractivity contribution >= 4 is 23.5 Å². The first-order chi connectivity index (χ1) is 19.4. The largest absolute Gasteiger partial charge is 0.465 e. The molecule has 3 saturated heterocycles. The fraction of sp³-hybridized carbons (Fsp3) is 0.606. The number of carbonyl (C=O) groups is 3. The number of rotatable bonds is 12. The molecule has 0 saturated carbocycles. The van der Waals surface area contributed by atoms with E-state index in [-0.39, 0.29) is 43.4 Å². The van der Waals surface area contributed by atoms with Crippen LogP contribution in [0, 0.1) is 37.5 Å². The van der Waals surface area contributed by atoms with Crippen molar-refractivity contribution < 1.29 is 29.0 Å². The predicted molar refractivity (Wildman–Crippen MR) is 158 cm³/mol. The molecule has 8 nitrogen and oxygen atoms in total. The van der Waals surface area contributed by atoms with E-state index in [2.05, 4.69) is 13.2 Å². The number of carbonyl (C=O) groups excluding carboxylic acids is 3. The lowest BCUT2D eigenvalue weighted by atomic mass is 9.62. The number of fused-ring (bicyclic) bond motifs is 1. The smallest absolute Gasteiger partial charge is 0.312 e. The molecule has 0 radical (unpaired) electrons. The van der Waals surface area contributed by atoms with Crippen LogP contribution in [0.25, 0.3) is 0 Å². The van der Waals surface area contributed by atoms with Crippen LogP contribution in [0.2, 0.25) is 0 Å². The zero-order valence-electron chi connectivity index (χ0n) is 25.4. The number of hydrogen-bond donors (Lipinski definition) is 1. The summed E-state index contributed by atoms with van der Waals surface area (Å²) in [5.74, 6) is -3.08. The van der Waals surface area contributed by atoms with E-state index in [4.69, 9.17) is 9.47 Å². The van der Waals surface area contributed by atoms with Crippen LogP contribution in [0.3, 0.4) is 0 Å². The molecule has 4 rings (SSSR count). The lowest BCUT2D eigenvalue weighted by molar-refractivity contribution is -0.162. The van der Waals surface area contributed by atoms with E-state index in [0.29, 0.717) is 19.3 Å². The highest BCUT2D eigenvalue weighted by Crippen LogP contribution is 2.66. The average Bonchev–Trinajstić information content (AvgIpc) is 3.45. The van der Waals surface area contributed by atoms with Gasteiger partial charge in [-0.05, 0) is 62.6 Å². The minimum atomic E-state index is -1.23. The second kappa shape index (κ2) is 11.7. The van der Waals surface area contributed by atoms with Crippen LogP contribution in [-0.4, -0.2) is 70.8 Å². The van der Waals surface area contributed by atoms with Crippen LogP contribution in [0.5, 0.6) is 0 Å². The molecule has 0 aromatic heterocycles. The molecule has 3 unspecified atom stereocenters. The summed E-state index contributed by atoms with van der Waals surface area (Å²) in [6, 6.07) is 4.28. The van der Waals surface area contributed by atoms with E-state index < -0.39 is 41.1 Å². The molecule has 3 heterocycles. The van der Waals surface area contributed by atoms with E-state index >= 15 is 0 Å². The summed E-state index contributed by atoms with van der Waals surface area (Å²) in [5.41, 5.74) is 0.444.